The van der Waals surface area contributed by atoms with Crippen LogP contribution in [0.2, 0.25) is 25.7 Å². The molecule has 1 unspecified atom stereocenters. The monoisotopic (exact) mass is 727 g/mol. The molecule has 1 aromatic carbocycles. The number of hydrogen-bond acceptors (Lipinski definition) is 6. The first-order valence-corrected chi connectivity index (χ1v) is 20.9. The molecule has 4 rings (SSSR count). The van der Waals surface area contributed by atoms with Gasteiger partial charge in [-0.1, -0.05) is 25.7 Å². The van der Waals surface area contributed by atoms with E-state index < -0.39 is 79.4 Å². The molecule has 2 N–H and O–H groups in total. The van der Waals surface area contributed by atoms with E-state index in [-0.39, 0.29) is 18.5 Å². The van der Waals surface area contributed by atoms with Gasteiger partial charge in [0.15, 0.2) is 6.10 Å². The van der Waals surface area contributed by atoms with Crippen molar-refractivity contribution in [3.8, 4) is 0 Å². The van der Waals surface area contributed by atoms with Gasteiger partial charge in [0.25, 0.3) is 0 Å². The number of nitrogens with zero attached hydrogens (tertiary/aromatic N) is 3. The molecular formula is C31H47F6N5O4SSi. The highest BCUT2D eigenvalue weighted by Crippen LogP contribution is 2.46. The first-order chi connectivity index (χ1) is 22.0. The third-order valence-corrected chi connectivity index (χ3v) is 11.8. The molecule has 272 valence electrons. The van der Waals surface area contributed by atoms with Gasteiger partial charge < -0.3 is 28.8 Å². The lowest BCUT2D eigenvalue weighted by Crippen LogP contribution is -2.47. The van der Waals surface area contributed by atoms with E-state index >= 15 is 0 Å². The number of carbonyl (C=O) groups excluding carboxylic acids is 1. The number of imidazole rings is 1. The number of hydrogen-bond donors (Lipinski definition) is 2. The van der Waals surface area contributed by atoms with Crippen molar-refractivity contribution in [1.29, 1.82) is 0 Å². The van der Waals surface area contributed by atoms with E-state index in [1.54, 1.807) is 43.5 Å². The minimum atomic E-state index is -4.64. The van der Waals surface area contributed by atoms with Crippen molar-refractivity contribution >= 4 is 36.5 Å². The molecule has 2 aliphatic rings. The quantitative estimate of drug-likeness (QED) is 0.0924. The molecule has 1 aliphatic carbocycles. The highest BCUT2D eigenvalue weighted by Gasteiger charge is 2.51. The first-order valence-electron chi connectivity index (χ1n) is 16.1. The predicted molar refractivity (Wildman–Crippen MR) is 174 cm³/mol. The van der Waals surface area contributed by atoms with Gasteiger partial charge >= 0.3 is 18.4 Å². The SMILES string of the molecule is C[C@H](O[C@H](C)[C@H](N[S+]([O-])C(C)(C)C)c1nc2cc([C@@H](C3CC3)N3C[C@@H](C(F)(F)F)NC3=O)ccc2n1COCC[Si](C)(C)C)C(F)(F)F. The lowest BCUT2D eigenvalue weighted by Gasteiger charge is -2.32. The second-order valence-electron chi connectivity index (χ2n) is 15.0. The van der Waals surface area contributed by atoms with Crippen molar-refractivity contribution in [2.45, 2.75) is 127 Å². The maximum atomic E-state index is 13.6. The summed E-state index contributed by atoms with van der Waals surface area (Å²) in [5, 5.41) is 2.05. The second kappa shape index (κ2) is 14.3. The minimum Gasteiger partial charge on any atom is -0.598 e. The zero-order chi connectivity index (χ0) is 36.0. The molecule has 0 spiro atoms. The average Bonchev–Trinajstić information content (AvgIpc) is 3.60. The van der Waals surface area contributed by atoms with Crippen LogP contribution in [0.5, 0.6) is 0 Å². The van der Waals surface area contributed by atoms with E-state index in [9.17, 15) is 35.7 Å². The van der Waals surface area contributed by atoms with Gasteiger partial charge in [0.05, 0.1) is 29.7 Å². The summed E-state index contributed by atoms with van der Waals surface area (Å²) in [5.74, 6) is 0.196. The highest BCUT2D eigenvalue weighted by atomic mass is 32.2. The Morgan fingerprint density at radius 2 is 1.77 bits per heavy atom. The third kappa shape index (κ3) is 9.59. The summed E-state index contributed by atoms with van der Waals surface area (Å²) in [6, 6.07) is 1.55. The topological polar surface area (TPSA) is 104 Å². The van der Waals surface area contributed by atoms with Crippen molar-refractivity contribution in [2.24, 2.45) is 5.92 Å². The van der Waals surface area contributed by atoms with Crippen molar-refractivity contribution in [3.05, 3.63) is 29.6 Å². The van der Waals surface area contributed by atoms with Crippen LogP contribution in [0.4, 0.5) is 31.1 Å². The smallest absolute Gasteiger partial charge is 0.414 e. The van der Waals surface area contributed by atoms with E-state index in [4.69, 9.17) is 14.5 Å². The van der Waals surface area contributed by atoms with Gasteiger partial charge in [-0.05, 0) is 77.1 Å². The van der Waals surface area contributed by atoms with Gasteiger partial charge in [-0.2, -0.15) is 26.3 Å². The average molecular weight is 728 g/mol. The number of amides is 2. The fourth-order valence-electron chi connectivity index (χ4n) is 5.49. The molecule has 2 aromatic rings. The van der Waals surface area contributed by atoms with E-state index in [2.05, 4.69) is 24.4 Å². The molecule has 2 fully saturated rings. The summed E-state index contributed by atoms with van der Waals surface area (Å²) >= 11 is -1.74. The van der Waals surface area contributed by atoms with Crippen molar-refractivity contribution < 1.29 is 45.2 Å². The highest BCUT2D eigenvalue weighted by molar-refractivity contribution is 7.90. The Morgan fingerprint density at radius 1 is 1.12 bits per heavy atom. The molecule has 1 saturated heterocycles. The van der Waals surface area contributed by atoms with Crippen LogP contribution in [0.25, 0.3) is 11.0 Å². The molecular weight excluding hydrogens is 681 g/mol. The van der Waals surface area contributed by atoms with Crippen LogP contribution in [0.3, 0.4) is 0 Å². The number of nitrogens with one attached hydrogen (secondary N) is 2. The summed E-state index contributed by atoms with van der Waals surface area (Å²) in [7, 11) is -1.46. The summed E-state index contributed by atoms with van der Waals surface area (Å²) in [4.78, 5) is 18.8. The van der Waals surface area contributed by atoms with Gasteiger partial charge in [0, 0.05) is 26.0 Å². The standard InChI is InChI=1S/C31H47F6N5O4SSi/c1-18(46-19(2)30(32,33)34)25(40-47(44)29(3,4)5)27-38-22-15-21(11-12-23(22)42(27)17-45-13-14-48(6,7)8)26(20-9-10-20)41-16-24(31(35,36)37)39-28(41)43/h11-12,15,18-20,24-26,40H,9-10,13-14,16-17H2,1-8H3,(H,39,43)/t18-,19+,24+,25+,26-,47?/m1/s1. The van der Waals surface area contributed by atoms with Crippen LogP contribution >= 0.6 is 0 Å². The van der Waals surface area contributed by atoms with Gasteiger partial charge in [-0.25, -0.2) is 9.78 Å². The maximum absolute atomic E-state index is 13.6. The van der Waals surface area contributed by atoms with Gasteiger partial charge in [-0.15, -0.1) is 4.72 Å². The van der Waals surface area contributed by atoms with E-state index in [1.807, 2.05) is 5.32 Å². The number of urea groups is 1. The van der Waals surface area contributed by atoms with Crippen LogP contribution in [-0.2, 0) is 27.6 Å². The van der Waals surface area contributed by atoms with Crippen molar-refractivity contribution in [1.82, 2.24) is 24.5 Å². The Balaban J connectivity index is 1.78. The van der Waals surface area contributed by atoms with Crippen LogP contribution in [0.1, 0.15) is 70.9 Å². The number of ether oxygens (including phenoxy) is 2. The first kappa shape index (κ1) is 38.7. The molecule has 0 bridgehead atoms. The molecule has 0 radical (unpaired) electrons. The van der Waals surface area contributed by atoms with Crippen molar-refractivity contribution in [3.63, 3.8) is 0 Å². The minimum absolute atomic E-state index is 0.00855. The number of halogens is 6. The number of carbonyl (C=O) groups is 1. The molecule has 1 saturated carbocycles. The van der Waals surface area contributed by atoms with Crippen LogP contribution in [0.15, 0.2) is 18.2 Å². The molecule has 2 heterocycles. The fraction of sp³-hybridized carbons (Fsp3) is 0.742. The maximum Gasteiger partial charge on any atom is 0.414 e. The Bertz CT molecular complexity index is 1430. The Hall–Kier alpha value is -2.05. The lowest BCUT2D eigenvalue weighted by molar-refractivity contribution is -0.227. The van der Waals surface area contributed by atoms with Crippen LogP contribution in [-0.4, -0.2) is 81.6 Å². The third-order valence-electron chi connectivity index (χ3n) is 8.51. The summed E-state index contributed by atoms with van der Waals surface area (Å²) in [6.45, 7) is 14.0. The Morgan fingerprint density at radius 3 is 2.29 bits per heavy atom. The van der Waals surface area contributed by atoms with Crippen LogP contribution in [0, 0.1) is 5.92 Å². The Labute approximate surface area is 281 Å². The Kier molecular flexibility index (Phi) is 11.5. The largest absolute Gasteiger partial charge is 0.598 e. The number of benzene rings is 1. The molecule has 48 heavy (non-hydrogen) atoms. The second-order valence-corrected chi connectivity index (χ2v) is 22.6. The van der Waals surface area contributed by atoms with E-state index in [1.165, 1.54) is 11.8 Å². The number of rotatable bonds is 14. The summed E-state index contributed by atoms with van der Waals surface area (Å²) < 4.78 is 110. The number of alkyl halides is 6. The van der Waals surface area contributed by atoms with Gasteiger partial charge in [-0.3, -0.25) is 0 Å². The summed E-state index contributed by atoms with van der Waals surface area (Å²) in [6.07, 6.45) is -11.0. The van der Waals surface area contributed by atoms with Gasteiger partial charge in [0.2, 0.25) is 0 Å². The number of fused-ring (bicyclic) bond motifs is 1. The van der Waals surface area contributed by atoms with Crippen LogP contribution < -0.4 is 10.0 Å². The molecule has 1 aromatic heterocycles. The predicted octanol–water partition coefficient (Wildman–Crippen LogP) is 7.20. The van der Waals surface area contributed by atoms with Crippen molar-refractivity contribution in [2.75, 3.05) is 13.2 Å². The number of aromatic nitrogens is 2. The zero-order valence-corrected chi connectivity index (χ0v) is 30.4. The molecule has 6 atom stereocenters. The molecule has 9 nitrogen and oxygen atoms in total. The summed E-state index contributed by atoms with van der Waals surface area (Å²) in [5.41, 5.74) is 1.55. The fourth-order valence-corrected chi connectivity index (χ4v) is 7.12. The van der Waals surface area contributed by atoms with Gasteiger partial charge in [0.1, 0.15) is 29.4 Å². The normalized spacial score (nSPS) is 21.4. The molecule has 2 amide bonds. The molecule has 1 aliphatic heterocycles. The zero-order valence-electron chi connectivity index (χ0n) is 28.6. The lowest BCUT2D eigenvalue weighted by atomic mass is 10.00. The van der Waals surface area contributed by atoms with E-state index in [0.29, 0.717) is 23.2 Å². The van der Waals surface area contributed by atoms with E-state index in [0.717, 1.165) is 25.8 Å². The molecule has 17 heteroatoms.